The molecule has 0 aliphatic rings. The molecule has 0 aliphatic heterocycles. The van der Waals surface area contributed by atoms with Crippen LogP contribution in [0.25, 0.3) is 0 Å². The molecule has 0 bridgehead atoms. The number of primary amides is 1. The molecule has 0 spiro atoms. The molecule has 0 unspecified atom stereocenters. The number of nitrogens with two attached hydrogens (primary N) is 1. The normalized spacial score (nSPS) is 10.4. The van der Waals surface area contributed by atoms with Crippen LogP contribution in [0.5, 0.6) is 0 Å². The molecule has 5 heteroatoms. The maximum absolute atomic E-state index is 10.9. The van der Waals surface area contributed by atoms with Crippen LogP contribution in [-0.4, -0.2) is 10.9 Å². The number of amides is 1. The summed E-state index contributed by atoms with van der Waals surface area (Å²) in [4.78, 5) is 16.1. The van der Waals surface area contributed by atoms with E-state index in [0.717, 1.165) is 18.7 Å². The molecule has 4 nitrogen and oxygen atoms in total. The molecule has 0 radical (unpaired) electrons. The molecule has 17 heavy (non-hydrogen) atoms. The number of nitrogens with one attached hydrogen (secondary N) is 1. The predicted molar refractivity (Wildman–Crippen MR) is 67.6 cm³/mol. The second-order valence-electron chi connectivity index (χ2n) is 3.63. The largest absolute Gasteiger partial charge is 0.366 e. The van der Waals surface area contributed by atoms with Crippen molar-refractivity contribution in [2.75, 3.05) is 0 Å². The third kappa shape index (κ3) is 3.37. The number of benzene rings is 1. The quantitative estimate of drug-likeness (QED) is 0.842. The molecule has 0 atom stereocenters. The Morgan fingerprint density at radius 3 is 2.65 bits per heavy atom. The first-order valence-electron chi connectivity index (χ1n) is 5.22. The molecule has 88 valence electrons. The van der Waals surface area contributed by atoms with Gasteiger partial charge in [0.15, 0.2) is 0 Å². The Labute approximate surface area is 103 Å². The first-order chi connectivity index (χ1) is 8.25. The van der Waals surface area contributed by atoms with Crippen molar-refractivity contribution in [3.8, 4) is 0 Å². The zero-order chi connectivity index (χ0) is 12.1. The first kappa shape index (κ1) is 11.8. The van der Waals surface area contributed by atoms with Gasteiger partial charge in [-0.25, -0.2) is 0 Å². The van der Waals surface area contributed by atoms with Crippen molar-refractivity contribution < 1.29 is 4.79 Å². The number of carbonyl (C=O) groups is 1. The van der Waals surface area contributed by atoms with Crippen molar-refractivity contribution in [2.24, 2.45) is 5.73 Å². The lowest BCUT2D eigenvalue weighted by Gasteiger charge is -2.03. The van der Waals surface area contributed by atoms with Gasteiger partial charge in [-0.3, -0.25) is 9.78 Å². The number of hydrogen-bond donors (Lipinski definition) is 2. The molecule has 3 N–H and O–H groups in total. The van der Waals surface area contributed by atoms with Gasteiger partial charge in [-0.05, 0) is 17.7 Å². The monoisotopic (exact) mass is 247 g/mol. The second kappa shape index (κ2) is 5.56. The molecule has 1 amide bonds. The SMILES string of the molecule is NC(=O)c1ccc(CNCc2cncs2)cc1. The highest BCUT2D eigenvalue weighted by atomic mass is 32.1. The molecule has 0 saturated carbocycles. The van der Waals surface area contributed by atoms with Gasteiger partial charge in [0.2, 0.25) is 5.91 Å². The van der Waals surface area contributed by atoms with Gasteiger partial charge in [0, 0.05) is 29.7 Å². The van der Waals surface area contributed by atoms with Gasteiger partial charge >= 0.3 is 0 Å². The summed E-state index contributed by atoms with van der Waals surface area (Å²) in [7, 11) is 0. The fraction of sp³-hybridized carbons (Fsp3) is 0.167. The Morgan fingerprint density at radius 1 is 1.29 bits per heavy atom. The molecular formula is C12H13N3OS. The molecule has 1 aromatic carbocycles. The van der Waals surface area contributed by atoms with E-state index >= 15 is 0 Å². The number of carbonyl (C=O) groups excluding carboxylic acids is 1. The minimum atomic E-state index is -0.394. The van der Waals surface area contributed by atoms with Gasteiger partial charge in [-0.1, -0.05) is 12.1 Å². The Morgan fingerprint density at radius 2 is 2.06 bits per heavy atom. The lowest BCUT2D eigenvalue weighted by Crippen LogP contribution is -2.13. The fourth-order valence-electron chi connectivity index (χ4n) is 1.45. The first-order valence-corrected chi connectivity index (χ1v) is 6.10. The van der Waals surface area contributed by atoms with Crippen molar-refractivity contribution in [3.63, 3.8) is 0 Å². The smallest absolute Gasteiger partial charge is 0.248 e. The van der Waals surface area contributed by atoms with Gasteiger partial charge in [0.1, 0.15) is 0 Å². The standard InChI is InChI=1S/C12H13N3OS/c13-12(16)10-3-1-9(2-4-10)5-14-6-11-7-15-8-17-11/h1-4,7-8,14H,5-6H2,(H2,13,16). The average Bonchev–Trinajstić information content (AvgIpc) is 2.83. The highest BCUT2D eigenvalue weighted by Crippen LogP contribution is 2.06. The second-order valence-corrected chi connectivity index (χ2v) is 4.60. The van der Waals surface area contributed by atoms with Gasteiger partial charge in [0.25, 0.3) is 0 Å². The van der Waals surface area contributed by atoms with Gasteiger partial charge in [0.05, 0.1) is 5.51 Å². The summed E-state index contributed by atoms with van der Waals surface area (Å²) in [6.45, 7) is 1.57. The lowest BCUT2D eigenvalue weighted by atomic mass is 10.1. The highest BCUT2D eigenvalue weighted by molar-refractivity contribution is 7.09. The molecular weight excluding hydrogens is 234 g/mol. The lowest BCUT2D eigenvalue weighted by molar-refractivity contribution is 0.100. The van der Waals surface area contributed by atoms with Crippen molar-refractivity contribution in [1.29, 1.82) is 0 Å². The van der Waals surface area contributed by atoms with Crippen LogP contribution >= 0.6 is 11.3 Å². The van der Waals surface area contributed by atoms with E-state index < -0.39 is 5.91 Å². The van der Waals surface area contributed by atoms with E-state index in [0.29, 0.717) is 5.56 Å². The Kier molecular flexibility index (Phi) is 3.85. The van der Waals surface area contributed by atoms with Crippen LogP contribution in [0.4, 0.5) is 0 Å². The van der Waals surface area contributed by atoms with Crippen molar-refractivity contribution in [2.45, 2.75) is 13.1 Å². The minimum Gasteiger partial charge on any atom is -0.366 e. The van der Waals surface area contributed by atoms with Crippen LogP contribution < -0.4 is 11.1 Å². The van der Waals surface area contributed by atoms with E-state index in [1.54, 1.807) is 23.5 Å². The number of aromatic nitrogens is 1. The van der Waals surface area contributed by atoms with E-state index in [4.69, 9.17) is 5.73 Å². The number of thiazole rings is 1. The van der Waals surface area contributed by atoms with Crippen LogP contribution in [-0.2, 0) is 13.1 Å². The van der Waals surface area contributed by atoms with E-state index in [1.165, 1.54) is 4.88 Å². The predicted octanol–water partition coefficient (Wildman–Crippen LogP) is 1.53. The molecule has 1 heterocycles. The Bertz CT molecular complexity index is 479. The van der Waals surface area contributed by atoms with E-state index in [9.17, 15) is 4.79 Å². The summed E-state index contributed by atoms with van der Waals surface area (Å²) in [5, 5.41) is 3.31. The number of hydrogen-bond acceptors (Lipinski definition) is 4. The summed E-state index contributed by atoms with van der Waals surface area (Å²) in [6.07, 6.45) is 1.86. The van der Waals surface area contributed by atoms with Gasteiger partial charge in [-0.2, -0.15) is 0 Å². The fourth-order valence-corrected chi connectivity index (χ4v) is 2.01. The Balaban J connectivity index is 1.85. The van der Waals surface area contributed by atoms with Crippen LogP contribution in [0.3, 0.4) is 0 Å². The van der Waals surface area contributed by atoms with Crippen molar-refractivity contribution in [1.82, 2.24) is 10.3 Å². The van der Waals surface area contributed by atoms with Crippen LogP contribution in [0, 0.1) is 0 Å². The molecule has 1 aromatic heterocycles. The van der Waals surface area contributed by atoms with Crippen molar-refractivity contribution in [3.05, 3.63) is 52.0 Å². The summed E-state index contributed by atoms with van der Waals surface area (Å²) in [5.41, 5.74) is 8.65. The number of rotatable bonds is 5. The maximum atomic E-state index is 10.9. The molecule has 0 aliphatic carbocycles. The van der Waals surface area contributed by atoms with Crippen molar-refractivity contribution >= 4 is 17.2 Å². The third-order valence-corrected chi connectivity index (χ3v) is 3.13. The molecule has 2 rings (SSSR count). The zero-order valence-corrected chi connectivity index (χ0v) is 10.0. The third-order valence-electron chi connectivity index (χ3n) is 2.35. The number of nitrogens with zero attached hydrogens (tertiary/aromatic N) is 1. The molecule has 0 fully saturated rings. The van der Waals surface area contributed by atoms with Crippen LogP contribution in [0.1, 0.15) is 20.8 Å². The maximum Gasteiger partial charge on any atom is 0.248 e. The summed E-state index contributed by atoms with van der Waals surface area (Å²) in [6, 6.07) is 7.29. The molecule has 0 saturated heterocycles. The van der Waals surface area contributed by atoms with E-state index in [2.05, 4.69) is 10.3 Å². The average molecular weight is 247 g/mol. The minimum absolute atomic E-state index is 0.394. The summed E-state index contributed by atoms with van der Waals surface area (Å²) >= 11 is 1.63. The van der Waals surface area contributed by atoms with Gasteiger partial charge < -0.3 is 11.1 Å². The summed E-state index contributed by atoms with van der Waals surface area (Å²) in [5.74, 6) is -0.394. The van der Waals surface area contributed by atoms with Crippen LogP contribution in [0.15, 0.2) is 36.0 Å². The topological polar surface area (TPSA) is 68.0 Å². The highest BCUT2D eigenvalue weighted by Gasteiger charge is 2.00. The summed E-state index contributed by atoms with van der Waals surface area (Å²) < 4.78 is 0. The Hall–Kier alpha value is -1.72. The van der Waals surface area contributed by atoms with Crippen LogP contribution in [0.2, 0.25) is 0 Å². The zero-order valence-electron chi connectivity index (χ0n) is 9.22. The van der Waals surface area contributed by atoms with E-state index in [1.807, 2.05) is 23.8 Å². The van der Waals surface area contributed by atoms with Gasteiger partial charge in [-0.15, -0.1) is 11.3 Å². The van der Waals surface area contributed by atoms with E-state index in [-0.39, 0.29) is 0 Å². The molecule has 2 aromatic rings.